The fourth-order valence-corrected chi connectivity index (χ4v) is 3.97. The molecule has 2 aromatic carbocycles. The molecule has 2 rings (SSSR count). The summed E-state index contributed by atoms with van der Waals surface area (Å²) in [5, 5.41) is 13.9. The van der Waals surface area contributed by atoms with Gasteiger partial charge < -0.3 is 5.32 Å². The van der Waals surface area contributed by atoms with Crippen molar-refractivity contribution in [1.29, 1.82) is 0 Å². The van der Waals surface area contributed by atoms with Crippen molar-refractivity contribution in [3.05, 3.63) is 58.6 Å². The molecular weight excluding hydrogens is 396 g/mol. The highest BCUT2D eigenvalue weighted by atomic mass is 32.2. The highest BCUT2D eigenvalue weighted by Gasteiger charge is 2.20. The third kappa shape index (κ3) is 5.23. The Balaban J connectivity index is 2.07. The number of nitro groups is 1. The molecule has 2 aromatic rings. The van der Waals surface area contributed by atoms with Crippen molar-refractivity contribution in [2.45, 2.75) is 9.79 Å². The lowest BCUT2D eigenvalue weighted by atomic mass is 10.2. The molecule has 0 amide bonds. The van der Waals surface area contributed by atoms with Crippen LogP contribution in [0.5, 0.6) is 0 Å². The Labute approximate surface area is 156 Å². The van der Waals surface area contributed by atoms with Crippen LogP contribution in [0.4, 0.5) is 11.4 Å². The Kier molecular flexibility index (Phi) is 6.49. The zero-order chi connectivity index (χ0) is 20.1. The second-order valence-corrected chi connectivity index (χ2v) is 8.93. The van der Waals surface area contributed by atoms with E-state index in [1.807, 2.05) is 0 Å². The highest BCUT2D eigenvalue weighted by molar-refractivity contribution is 7.89. The van der Waals surface area contributed by atoms with E-state index >= 15 is 0 Å². The van der Waals surface area contributed by atoms with E-state index in [1.165, 1.54) is 31.3 Å². The number of sulfonamides is 2. The van der Waals surface area contributed by atoms with Crippen molar-refractivity contribution in [3.8, 4) is 0 Å². The van der Waals surface area contributed by atoms with Gasteiger partial charge in [0.1, 0.15) is 5.69 Å². The van der Waals surface area contributed by atoms with Crippen LogP contribution >= 0.6 is 0 Å². The second kappa shape index (κ2) is 8.43. The quantitative estimate of drug-likeness (QED) is 0.313. The topological polar surface area (TPSA) is 148 Å². The standard InChI is InChI=1S/C15H18N4O6S2/c1-16-26(22,23)13-7-8-14(15(11-13)19(20)21)17-9-10-18-27(24,25)12-5-3-2-4-6-12/h2-8,11,16-18H,9-10H2,1H3. The minimum atomic E-state index is -3.82. The molecule has 0 unspecified atom stereocenters. The van der Waals surface area contributed by atoms with Crippen LogP contribution in [0.2, 0.25) is 0 Å². The van der Waals surface area contributed by atoms with Crippen LogP contribution in [0.25, 0.3) is 0 Å². The van der Waals surface area contributed by atoms with E-state index in [1.54, 1.807) is 18.2 Å². The molecule has 0 saturated carbocycles. The molecule has 0 fully saturated rings. The van der Waals surface area contributed by atoms with Crippen LogP contribution < -0.4 is 14.8 Å². The number of hydrogen-bond acceptors (Lipinski definition) is 7. The van der Waals surface area contributed by atoms with Crippen molar-refractivity contribution >= 4 is 31.4 Å². The predicted octanol–water partition coefficient (Wildman–Crippen LogP) is 0.893. The molecule has 146 valence electrons. The van der Waals surface area contributed by atoms with Crippen LogP contribution in [0.15, 0.2) is 58.3 Å². The Morgan fingerprint density at radius 3 is 2.19 bits per heavy atom. The third-order valence-corrected chi connectivity index (χ3v) is 6.42. The molecule has 0 aliphatic heterocycles. The first kappa shape index (κ1) is 20.8. The van der Waals surface area contributed by atoms with E-state index in [0.717, 1.165) is 6.07 Å². The van der Waals surface area contributed by atoms with Crippen molar-refractivity contribution in [3.63, 3.8) is 0 Å². The van der Waals surface area contributed by atoms with Crippen LogP contribution in [-0.2, 0) is 20.0 Å². The van der Waals surface area contributed by atoms with Gasteiger partial charge in [-0.15, -0.1) is 0 Å². The van der Waals surface area contributed by atoms with Crippen molar-refractivity contribution in [1.82, 2.24) is 9.44 Å². The summed E-state index contributed by atoms with van der Waals surface area (Å²) in [7, 11) is -6.30. The summed E-state index contributed by atoms with van der Waals surface area (Å²) in [5.41, 5.74) is -0.355. The second-order valence-electron chi connectivity index (χ2n) is 5.28. The number of nitro benzene ring substituents is 1. The van der Waals surface area contributed by atoms with Gasteiger partial charge in [-0.1, -0.05) is 18.2 Å². The van der Waals surface area contributed by atoms with E-state index in [0.29, 0.717) is 0 Å². The number of hydrogen-bond donors (Lipinski definition) is 3. The number of nitrogens with zero attached hydrogens (tertiary/aromatic N) is 1. The summed E-state index contributed by atoms with van der Waals surface area (Å²) in [6.07, 6.45) is 0. The first-order valence-electron chi connectivity index (χ1n) is 7.68. The van der Waals surface area contributed by atoms with Gasteiger partial charge in [-0.2, -0.15) is 0 Å². The maximum absolute atomic E-state index is 12.1. The van der Waals surface area contributed by atoms with Gasteiger partial charge in [-0.05, 0) is 31.3 Å². The Hall–Kier alpha value is -2.54. The van der Waals surface area contributed by atoms with Gasteiger partial charge in [0.25, 0.3) is 5.69 Å². The van der Waals surface area contributed by atoms with Gasteiger partial charge in [0.15, 0.2) is 0 Å². The first-order chi connectivity index (χ1) is 12.7. The predicted molar refractivity (Wildman–Crippen MR) is 99.5 cm³/mol. The molecule has 10 nitrogen and oxygen atoms in total. The fraction of sp³-hybridized carbons (Fsp3) is 0.200. The molecule has 0 aromatic heterocycles. The molecule has 0 aliphatic carbocycles. The van der Waals surface area contributed by atoms with Crippen LogP contribution in [0.3, 0.4) is 0 Å². The summed E-state index contributed by atoms with van der Waals surface area (Å²) in [6, 6.07) is 11.2. The highest BCUT2D eigenvalue weighted by Crippen LogP contribution is 2.27. The molecule has 0 radical (unpaired) electrons. The molecule has 0 spiro atoms. The minimum absolute atomic E-state index is 0.0229. The Morgan fingerprint density at radius 1 is 0.926 bits per heavy atom. The molecule has 0 atom stereocenters. The monoisotopic (exact) mass is 414 g/mol. The smallest absolute Gasteiger partial charge is 0.293 e. The largest absolute Gasteiger partial charge is 0.378 e. The third-order valence-electron chi connectivity index (χ3n) is 3.53. The van der Waals surface area contributed by atoms with Gasteiger partial charge in [-0.25, -0.2) is 26.3 Å². The molecule has 0 bridgehead atoms. The summed E-state index contributed by atoms with van der Waals surface area (Å²) in [6.45, 7) is 0.0377. The molecule has 12 heteroatoms. The molecule has 0 saturated heterocycles. The van der Waals surface area contributed by atoms with Gasteiger partial charge >= 0.3 is 0 Å². The summed E-state index contributed by atoms with van der Waals surface area (Å²) in [5.74, 6) is 0. The van der Waals surface area contributed by atoms with Gasteiger partial charge in [0.05, 0.1) is 14.7 Å². The Bertz CT molecular complexity index is 1020. The molecule has 0 aliphatic rings. The summed E-state index contributed by atoms with van der Waals surface area (Å²) in [4.78, 5) is 10.4. The molecule has 0 heterocycles. The van der Waals surface area contributed by atoms with Crippen molar-refractivity contribution in [2.24, 2.45) is 0 Å². The van der Waals surface area contributed by atoms with Crippen molar-refractivity contribution in [2.75, 3.05) is 25.5 Å². The summed E-state index contributed by atoms with van der Waals surface area (Å²) < 4.78 is 52.1. The maximum Gasteiger partial charge on any atom is 0.293 e. The molecular formula is C15H18N4O6S2. The fourth-order valence-electron chi connectivity index (χ4n) is 2.16. The van der Waals surface area contributed by atoms with Crippen LogP contribution in [0.1, 0.15) is 0 Å². The van der Waals surface area contributed by atoms with Gasteiger partial charge in [0.2, 0.25) is 20.0 Å². The number of anilines is 1. The van der Waals surface area contributed by atoms with E-state index in [9.17, 15) is 26.9 Å². The lowest BCUT2D eigenvalue weighted by Gasteiger charge is -2.10. The van der Waals surface area contributed by atoms with E-state index in [4.69, 9.17) is 0 Å². The number of rotatable bonds is 9. The zero-order valence-corrected chi connectivity index (χ0v) is 15.9. The molecule has 27 heavy (non-hydrogen) atoms. The van der Waals surface area contributed by atoms with Crippen molar-refractivity contribution < 1.29 is 21.8 Å². The van der Waals surface area contributed by atoms with E-state index in [2.05, 4.69) is 14.8 Å². The lowest BCUT2D eigenvalue weighted by Crippen LogP contribution is -2.29. The normalized spacial score (nSPS) is 11.9. The SMILES string of the molecule is CNS(=O)(=O)c1ccc(NCCNS(=O)(=O)c2ccccc2)c([N+](=O)[O-])c1. The lowest BCUT2D eigenvalue weighted by molar-refractivity contribution is -0.384. The molecule has 3 N–H and O–H groups in total. The summed E-state index contributed by atoms with van der Waals surface area (Å²) >= 11 is 0. The van der Waals surface area contributed by atoms with E-state index in [-0.39, 0.29) is 28.6 Å². The van der Waals surface area contributed by atoms with Crippen LogP contribution in [0, 0.1) is 10.1 Å². The average Bonchev–Trinajstić information content (AvgIpc) is 2.65. The first-order valence-corrected chi connectivity index (χ1v) is 10.6. The number of benzene rings is 2. The van der Waals surface area contributed by atoms with Gasteiger partial charge in [-0.3, -0.25) is 10.1 Å². The van der Waals surface area contributed by atoms with Gasteiger partial charge in [0, 0.05) is 19.2 Å². The van der Waals surface area contributed by atoms with E-state index < -0.39 is 30.7 Å². The number of nitrogens with one attached hydrogen (secondary N) is 3. The minimum Gasteiger partial charge on any atom is -0.378 e. The maximum atomic E-state index is 12.1. The Morgan fingerprint density at radius 2 is 1.59 bits per heavy atom. The average molecular weight is 414 g/mol. The van der Waals surface area contributed by atoms with Crippen LogP contribution in [-0.4, -0.2) is 41.9 Å². The zero-order valence-electron chi connectivity index (χ0n) is 14.2.